The van der Waals surface area contributed by atoms with Crippen molar-refractivity contribution >= 4 is 51.0 Å². The second-order valence-corrected chi connectivity index (χ2v) is 8.57. The van der Waals surface area contributed by atoms with E-state index in [1.165, 1.54) is 12.3 Å². The Balaban J connectivity index is 0.00000420. The maximum atomic E-state index is 11.8. The number of rotatable bonds is 9. The van der Waals surface area contributed by atoms with Gasteiger partial charge in [0.25, 0.3) is 0 Å². The van der Waals surface area contributed by atoms with E-state index in [4.69, 9.17) is 16.2 Å². The molecule has 1 aromatic rings. The Morgan fingerprint density at radius 3 is 2.41 bits per heavy atom. The van der Waals surface area contributed by atoms with E-state index in [0.29, 0.717) is 0 Å². The molecule has 2 unspecified atom stereocenters. The van der Waals surface area contributed by atoms with E-state index < -0.39 is 59.1 Å². The summed E-state index contributed by atoms with van der Waals surface area (Å²) in [5, 5.41) is 20.1. The molecule has 1 radical (unpaired) electrons. The van der Waals surface area contributed by atoms with Gasteiger partial charge >= 0.3 is 21.3 Å². The minimum atomic E-state index is -5.11. The van der Waals surface area contributed by atoms with Crippen LogP contribution in [-0.2, 0) is 27.2 Å². The van der Waals surface area contributed by atoms with Gasteiger partial charge in [-0.05, 0) is 6.07 Å². The van der Waals surface area contributed by atoms with Crippen LogP contribution in [0.4, 0.5) is 5.82 Å². The zero-order valence-electron chi connectivity index (χ0n) is 15.2. The number of nitrogen functional groups attached to an aromatic ring is 1. The fourth-order valence-electron chi connectivity index (χ4n) is 2.23. The third-order valence-corrected chi connectivity index (χ3v) is 6.08. The Bertz CT molecular complexity index is 841. The number of hydrogen-bond donors (Lipinski definition) is 6. The van der Waals surface area contributed by atoms with Crippen molar-refractivity contribution in [3.63, 3.8) is 0 Å². The van der Waals surface area contributed by atoms with E-state index in [1.807, 2.05) is 0 Å². The summed E-state index contributed by atoms with van der Waals surface area (Å²) in [7, 11) is -10.0. The molecule has 6 atom stereocenters. The van der Waals surface area contributed by atoms with Crippen LogP contribution in [0, 0.1) is 0 Å². The van der Waals surface area contributed by atoms with Gasteiger partial charge in [-0.1, -0.05) is 0 Å². The van der Waals surface area contributed by atoms with Crippen molar-refractivity contribution in [1.82, 2.24) is 9.55 Å². The molecule has 161 valence electrons. The largest absolute Gasteiger partial charge is 0.481 e. The smallest absolute Gasteiger partial charge is 0.387 e. The Kier molecular flexibility index (Phi) is 10.1. The molecule has 0 spiro atoms. The van der Waals surface area contributed by atoms with Gasteiger partial charge < -0.3 is 36.2 Å². The number of nitrogens with two attached hydrogens (primary N) is 2. The zero-order valence-corrected chi connectivity index (χ0v) is 19.0. The minimum absolute atomic E-state index is 0. The first kappa shape index (κ1) is 26.8. The van der Waals surface area contributed by atoms with Crippen LogP contribution in [0.3, 0.4) is 0 Å². The summed E-state index contributed by atoms with van der Waals surface area (Å²) >= 11 is 0. The van der Waals surface area contributed by atoms with Gasteiger partial charge in [0, 0.05) is 42.3 Å². The summed E-state index contributed by atoms with van der Waals surface area (Å²) in [6.07, 6.45) is -4.86. The van der Waals surface area contributed by atoms with Crippen LogP contribution in [-0.4, -0.2) is 97.2 Å². The van der Waals surface area contributed by atoms with Crippen molar-refractivity contribution in [2.75, 3.05) is 25.5 Å². The van der Waals surface area contributed by atoms with Gasteiger partial charge in [-0.15, -0.1) is 0 Å². The predicted octanol–water partition coefficient (Wildman–Crippen LogP) is -2.73. The Morgan fingerprint density at radius 1 is 1.21 bits per heavy atom. The number of aliphatic hydroxyl groups is 2. The van der Waals surface area contributed by atoms with E-state index in [1.54, 1.807) is 0 Å². The minimum Gasteiger partial charge on any atom is -0.387 e. The number of phosphoric ester groups is 2. The number of hydrogen-bond acceptors (Lipinski definition) is 12. The summed E-state index contributed by atoms with van der Waals surface area (Å²) in [5.41, 5.74) is 9.56. The normalized spacial score (nSPS) is 28.3. The molecule has 0 bridgehead atoms. The molecule has 18 heteroatoms. The van der Waals surface area contributed by atoms with Crippen LogP contribution in [0.1, 0.15) is 6.23 Å². The van der Waals surface area contributed by atoms with Crippen LogP contribution in [0.5, 0.6) is 0 Å². The summed E-state index contributed by atoms with van der Waals surface area (Å²) in [6, 6.07) is 1.25. The molecule has 15 nitrogen and oxygen atoms in total. The average molecular weight is 469 g/mol. The van der Waals surface area contributed by atoms with Gasteiger partial charge in [-0.3, -0.25) is 13.6 Å². The first-order valence-corrected chi connectivity index (χ1v) is 10.7. The molecule has 8 N–H and O–H groups in total. The van der Waals surface area contributed by atoms with Gasteiger partial charge in [0.1, 0.15) is 24.1 Å². The van der Waals surface area contributed by atoms with E-state index >= 15 is 0 Å². The Hall–Kier alpha value is -0.220. The molecule has 1 aliphatic heterocycles. The number of phosphoric acid groups is 2. The van der Waals surface area contributed by atoms with Crippen molar-refractivity contribution in [3.8, 4) is 0 Å². The van der Waals surface area contributed by atoms with Crippen LogP contribution in [0.25, 0.3) is 0 Å². The molecule has 0 aromatic carbocycles. The van der Waals surface area contributed by atoms with Crippen molar-refractivity contribution < 1.29 is 47.2 Å². The van der Waals surface area contributed by atoms with Crippen molar-refractivity contribution in [1.29, 1.82) is 0 Å². The van der Waals surface area contributed by atoms with E-state index in [9.17, 15) is 33.9 Å². The number of aromatic nitrogens is 2. The summed E-state index contributed by atoms with van der Waals surface area (Å²) in [4.78, 5) is 34.1. The van der Waals surface area contributed by atoms with Gasteiger partial charge in [-0.2, -0.15) is 9.29 Å². The Morgan fingerprint density at radius 2 is 1.83 bits per heavy atom. The van der Waals surface area contributed by atoms with Crippen molar-refractivity contribution in [2.24, 2.45) is 5.73 Å². The molecule has 0 amide bonds. The maximum Gasteiger partial charge on any atom is 0.481 e. The molecule has 1 fully saturated rings. The van der Waals surface area contributed by atoms with Crippen molar-refractivity contribution in [2.45, 2.75) is 24.5 Å². The summed E-state index contributed by atoms with van der Waals surface area (Å²) < 4.78 is 42.2. The molecular weight excluding hydrogens is 449 g/mol. The molecule has 1 aromatic heterocycles. The summed E-state index contributed by atoms with van der Waals surface area (Å²) in [5.74, 6) is -0.0715. The topological polar surface area (TPSA) is 239 Å². The zero-order chi connectivity index (χ0) is 21.1. The molecule has 2 heterocycles. The number of aliphatic hydroxyl groups excluding tert-OH is 2. The van der Waals surface area contributed by atoms with Crippen LogP contribution in [0.15, 0.2) is 17.1 Å². The first-order valence-electron chi connectivity index (χ1n) is 7.68. The summed E-state index contributed by atoms with van der Waals surface area (Å²) in [6.45, 7) is -1.40. The predicted molar refractivity (Wildman–Crippen MR) is 96.3 cm³/mol. The molecule has 2 rings (SSSR count). The number of nitrogens with zero attached hydrogens (tertiary/aromatic N) is 2. The van der Waals surface area contributed by atoms with Crippen LogP contribution >= 0.6 is 15.6 Å². The average Bonchev–Trinajstić information content (AvgIpc) is 2.86. The van der Waals surface area contributed by atoms with E-state index in [0.717, 1.165) is 4.57 Å². The van der Waals surface area contributed by atoms with E-state index in [2.05, 4.69) is 18.3 Å². The van der Waals surface area contributed by atoms with Crippen molar-refractivity contribution in [3.05, 3.63) is 22.7 Å². The second-order valence-electron chi connectivity index (χ2n) is 5.52. The monoisotopic (exact) mass is 469 g/mol. The van der Waals surface area contributed by atoms with E-state index in [-0.39, 0.29) is 41.9 Å². The van der Waals surface area contributed by atoms with Gasteiger partial charge in [0.2, 0.25) is 0 Å². The third kappa shape index (κ3) is 7.45. The molecule has 0 aliphatic carbocycles. The molecule has 29 heavy (non-hydrogen) atoms. The van der Waals surface area contributed by atoms with Gasteiger partial charge in [0.05, 0.1) is 13.2 Å². The molecular formula is C11H20N4NaO11P2. The quantitative estimate of drug-likeness (QED) is 0.159. The molecule has 1 saturated heterocycles. The number of anilines is 1. The van der Waals surface area contributed by atoms with Crippen LogP contribution < -0.4 is 17.2 Å². The SMILES string of the molecule is NCCOP(=O)(O)OP(=O)(O)OC[C@H]1O[C@@H](n2ccc(N)nc2=O)[C@H](O)[C@@H]1O.[Na]. The maximum absolute atomic E-state index is 11.8. The first-order chi connectivity index (χ1) is 13.0. The van der Waals surface area contributed by atoms with Crippen LogP contribution in [0.2, 0.25) is 0 Å². The fraction of sp³-hybridized carbons (Fsp3) is 0.636. The van der Waals surface area contributed by atoms with Gasteiger partial charge in [-0.25, -0.2) is 13.9 Å². The van der Waals surface area contributed by atoms with Gasteiger partial charge in [0.15, 0.2) is 6.23 Å². The Labute approximate surface area is 186 Å². The standard InChI is InChI=1S/C11H20N4O11P2.Na/c12-2-4-23-27(19,20)26-28(21,22)24-5-6-8(16)9(17)10(25-6)15-3-1-7(13)14-11(15)18;/h1,3,6,8-10,16-17H,2,4-5,12H2,(H,19,20)(H,21,22)(H2,13,14,18);/t6-,8-,9-,10-;/m1./s1. The molecule has 1 aliphatic rings. The number of ether oxygens (including phenoxy) is 1. The second kappa shape index (κ2) is 10.9. The fourth-order valence-corrected chi connectivity index (χ4v) is 4.32. The molecule has 0 saturated carbocycles. The third-order valence-electron chi connectivity index (χ3n) is 3.44.